The highest BCUT2D eigenvalue weighted by Gasteiger charge is 2.40. The number of ether oxygens (including phenoxy) is 1. The number of fused-ring (bicyclic) bond motifs is 1. The zero-order chi connectivity index (χ0) is 30.9. The summed E-state index contributed by atoms with van der Waals surface area (Å²) in [5, 5.41) is 4.58. The number of pyridine rings is 1. The van der Waals surface area contributed by atoms with E-state index < -0.39 is 25.8 Å². The van der Waals surface area contributed by atoms with E-state index in [0.29, 0.717) is 44.0 Å². The number of aryl methyl sites for hydroxylation is 1. The van der Waals surface area contributed by atoms with Crippen molar-refractivity contribution in [3.8, 4) is 0 Å². The number of halogens is 4. The monoisotopic (exact) mass is 618 g/mol. The molecule has 0 aliphatic carbocycles. The van der Waals surface area contributed by atoms with Gasteiger partial charge in [-0.05, 0) is 49.6 Å². The number of carbonyl (C=O) groups is 1. The van der Waals surface area contributed by atoms with E-state index in [1.165, 1.54) is 23.2 Å². The highest BCUT2D eigenvalue weighted by atomic mass is 28.3. The van der Waals surface area contributed by atoms with Crippen LogP contribution in [0, 0.1) is 12.7 Å². The molecule has 232 valence electrons. The zero-order valence-electron chi connectivity index (χ0n) is 25.0. The van der Waals surface area contributed by atoms with Crippen molar-refractivity contribution in [3.05, 3.63) is 70.9 Å². The van der Waals surface area contributed by atoms with Gasteiger partial charge in [0.1, 0.15) is 12.5 Å². The largest absolute Gasteiger partial charge is 0.418 e. The molecule has 13 heteroatoms. The van der Waals surface area contributed by atoms with E-state index in [0.717, 1.165) is 23.2 Å². The predicted octanol–water partition coefficient (Wildman–Crippen LogP) is 6.67. The number of para-hydroxylation sites is 1. The van der Waals surface area contributed by atoms with Crippen molar-refractivity contribution in [1.82, 2.24) is 19.7 Å². The van der Waals surface area contributed by atoms with Crippen LogP contribution in [0.1, 0.15) is 35.2 Å². The second-order valence-electron chi connectivity index (χ2n) is 12.5. The predicted molar refractivity (Wildman–Crippen MR) is 159 cm³/mol. The van der Waals surface area contributed by atoms with E-state index in [2.05, 4.69) is 29.7 Å². The van der Waals surface area contributed by atoms with Crippen LogP contribution in [-0.4, -0.2) is 59.5 Å². The molecule has 0 saturated carbocycles. The van der Waals surface area contributed by atoms with Gasteiger partial charge in [0, 0.05) is 51.8 Å². The van der Waals surface area contributed by atoms with Crippen molar-refractivity contribution < 1.29 is 27.1 Å². The van der Waals surface area contributed by atoms with Gasteiger partial charge in [0.2, 0.25) is 0 Å². The topological polar surface area (TPSA) is 66.7 Å². The maximum atomic E-state index is 14.6. The lowest BCUT2D eigenvalue weighted by molar-refractivity contribution is -0.138. The quantitative estimate of drug-likeness (QED) is 0.152. The molecule has 0 spiro atoms. The van der Waals surface area contributed by atoms with E-state index in [1.54, 1.807) is 21.8 Å². The minimum absolute atomic E-state index is 0.173. The molecule has 43 heavy (non-hydrogen) atoms. The minimum atomic E-state index is -4.62. The molecule has 1 aromatic carbocycles. The van der Waals surface area contributed by atoms with Crippen LogP contribution in [0.5, 0.6) is 0 Å². The van der Waals surface area contributed by atoms with Crippen LogP contribution in [0.2, 0.25) is 25.7 Å². The number of nitrogens with zero attached hydrogens (tertiary/aromatic N) is 6. The molecule has 0 atom stereocenters. The Morgan fingerprint density at radius 2 is 1.84 bits per heavy atom. The summed E-state index contributed by atoms with van der Waals surface area (Å²) < 4.78 is 63.6. The second kappa shape index (κ2) is 12.3. The van der Waals surface area contributed by atoms with E-state index in [4.69, 9.17) is 4.74 Å². The van der Waals surface area contributed by atoms with Crippen LogP contribution in [0.3, 0.4) is 0 Å². The second-order valence-corrected chi connectivity index (χ2v) is 18.1. The van der Waals surface area contributed by atoms with Crippen molar-refractivity contribution in [2.75, 3.05) is 29.5 Å². The van der Waals surface area contributed by atoms with Gasteiger partial charge in [-0.2, -0.15) is 18.3 Å². The van der Waals surface area contributed by atoms with Crippen LogP contribution >= 0.6 is 0 Å². The molecule has 1 fully saturated rings. The molecule has 4 heterocycles. The van der Waals surface area contributed by atoms with Crippen LogP contribution in [0.25, 0.3) is 0 Å². The average Bonchev–Trinajstić information content (AvgIpc) is 3.35. The number of aromatic nitrogens is 3. The molecule has 2 aromatic heterocycles. The number of hydrogen-bond acceptors (Lipinski definition) is 5. The number of urea groups is 1. The normalized spacial score (nSPS) is 16.7. The number of benzene rings is 1. The molecule has 0 bridgehead atoms. The molecular weight excluding hydrogens is 580 g/mol. The van der Waals surface area contributed by atoms with Crippen molar-refractivity contribution in [2.24, 2.45) is 0 Å². The molecular formula is C30H38F4N6O2Si. The first-order valence-electron chi connectivity index (χ1n) is 14.5. The van der Waals surface area contributed by atoms with E-state index in [1.807, 2.05) is 17.9 Å². The van der Waals surface area contributed by atoms with Crippen LogP contribution in [0.4, 0.5) is 33.9 Å². The van der Waals surface area contributed by atoms with Crippen LogP contribution in [-0.2, 0) is 30.7 Å². The molecule has 2 aliphatic heterocycles. The van der Waals surface area contributed by atoms with Gasteiger partial charge < -0.3 is 14.5 Å². The number of piperidine rings is 1. The minimum Gasteiger partial charge on any atom is -0.369 e. The van der Waals surface area contributed by atoms with Crippen LogP contribution in [0.15, 0.2) is 42.7 Å². The summed E-state index contributed by atoms with van der Waals surface area (Å²) in [6, 6.07) is 7.60. The fourth-order valence-corrected chi connectivity index (χ4v) is 6.47. The third-order valence-electron chi connectivity index (χ3n) is 8.02. The van der Waals surface area contributed by atoms with Crippen molar-refractivity contribution in [3.63, 3.8) is 0 Å². The molecule has 8 nitrogen and oxygen atoms in total. The number of amides is 2. The van der Waals surface area contributed by atoms with Gasteiger partial charge in [-0.15, -0.1) is 0 Å². The highest BCUT2D eigenvalue weighted by Crippen LogP contribution is 2.36. The molecule has 5 rings (SSSR count). The third kappa shape index (κ3) is 7.04. The van der Waals surface area contributed by atoms with Crippen molar-refractivity contribution in [1.29, 1.82) is 0 Å². The number of hydrogen-bond donors (Lipinski definition) is 0. The Kier molecular flexibility index (Phi) is 8.84. The van der Waals surface area contributed by atoms with Gasteiger partial charge in [-0.3, -0.25) is 9.88 Å². The average molecular weight is 619 g/mol. The van der Waals surface area contributed by atoms with Gasteiger partial charge in [-0.1, -0.05) is 31.8 Å². The molecule has 3 aromatic rings. The van der Waals surface area contributed by atoms with Crippen molar-refractivity contribution >= 4 is 25.6 Å². The number of carbonyl (C=O) groups excluding carboxylic acids is 1. The number of anilines is 2. The Balaban J connectivity index is 1.39. The van der Waals surface area contributed by atoms with Gasteiger partial charge in [0.15, 0.2) is 5.82 Å². The first kappa shape index (κ1) is 31.0. The molecule has 0 radical (unpaired) electrons. The maximum absolute atomic E-state index is 14.6. The lowest BCUT2D eigenvalue weighted by atomic mass is 10.00. The molecule has 2 amide bonds. The molecule has 0 unspecified atom stereocenters. The van der Waals surface area contributed by atoms with E-state index in [9.17, 15) is 22.4 Å². The molecule has 1 saturated heterocycles. The Morgan fingerprint density at radius 3 is 2.51 bits per heavy atom. The summed E-state index contributed by atoms with van der Waals surface area (Å²) in [5.74, 6) is 0.0341. The SMILES string of the molecule is Cc1cccc(F)c1N1CCC(N2Cc3cn(COCC[Si](C)(C)C)nc3N(Cc3ncccc3C(F)(F)F)C2=O)CC1. The first-order valence-corrected chi connectivity index (χ1v) is 18.3. The Bertz CT molecular complexity index is 1430. The maximum Gasteiger partial charge on any atom is 0.418 e. The summed E-state index contributed by atoms with van der Waals surface area (Å²) in [5.41, 5.74) is 1.01. The number of rotatable bonds is 9. The Labute approximate surface area is 250 Å². The third-order valence-corrected chi connectivity index (χ3v) is 9.73. The van der Waals surface area contributed by atoms with Crippen LogP contribution < -0.4 is 9.80 Å². The highest BCUT2D eigenvalue weighted by molar-refractivity contribution is 6.76. The van der Waals surface area contributed by atoms with Gasteiger partial charge in [0.25, 0.3) is 0 Å². The van der Waals surface area contributed by atoms with E-state index >= 15 is 0 Å². The smallest absolute Gasteiger partial charge is 0.369 e. The lowest BCUT2D eigenvalue weighted by Crippen LogP contribution is -2.54. The van der Waals surface area contributed by atoms with Gasteiger partial charge >= 0.3 is 12.2 Å². The lowest BCUT2D eigenvalue weighted by Gasteiger charge is -2.43. The summed E-state index contributed by atoms with van der Waals surface area (Å²) in [6.07, 6.45) is -0.339. The van der Waals surface area contributed by atoms with Gasteiger partial charge in [0.05, 0.1) is 30.0 Å². The Morgan fingerprint density at radius 1 is 1.09 bits per heavy atom. The number of alkyl halides is 3. The summed E-state index contributed by atoms with van der Waals surface area (Å²) >= 11 is 0. The molecule has 0 N–H and O–H groups in total. The van der Waals surface area contributed by atoms with Crippen molar-refractivity contribution in [2.45, 2.75) is 77.5 Å². The van der Waals surface area contributed by atoms with Gasteiger partial charge in [-0.25, -0.2) is 13.9 Å². The molecule has 2 aliphatic rings. The zero-order valence-corrected chi connectivity index (χ0v) is 26.0. The summed E-state index contributed by atoms with van der Waals surface area (Å²) in [4.78, 5) is 23.0. The standard InChI is InChI=1S/C30H38F4N6O2Si/c1-21-7-5-9-25(31)27(21)37-13-10-23(11-14-37)39-18-22-17-38(20-42-15-16-43(2,3)4)36-28(22)40(29(39)41)19-26-24(30(32,33)34)8-6-12-35-26/h5-9,12,17,23H,10-11,13-16,18-20H2,1-4H3. The first-order chi connectivity index (χ1) is 20.3. The fraction of sp³-hybridized carbons (Fsp3) is 0.500. The summed E-state index contributed by atoms with van der Waals surface area (Å²) in [7, 11) is -1.29. The fourth-order valence-electron chi connectivity index (χ4n) is 5.72. The van der Waals surface area contributed by atoms with E-state index in [-0.39, 0.29) is 37.4 Å². The Hall–Kier alpha value is -3.45. The summed E-state index contributed by atoms with van der Waals surface area (Å²) in [6.45, 7) is 10.4.